The first-order valence-electron chi connectivity index (χ1n) is 5.50. The standard InChI is InChI=1S/C14H11FN2O2/c15-12-7-5-10(6-8-12)9-1-3-11(4-2-9)13(17-19)14(16)18/h1-8,19H,(H2,16,18). The zero-order chi connectivity index (χ0) is 13.8. The smallest absolute Gasteiger partial charge is 0.271 e. The molecule has 3 N–H and O–H groups in total. The second kappa shape index (κ2) is 5.30. The summed E-state index contributed by atoms with van der Waals surface area (Å²) >= 11 is 0. The van der Waals surface area contributed by atoms with Crippen LogP contribution in [-0.4, -0.2) is 16.8 Å². The molecule has 2 rings (SSSR count). The molecule has 0 spiro atoms. The van der Waals surface area contributed by atoms with Gasteiger partial charge in [0.1, 0.15) is 5.82 Å². The van der Waals surface area contributed by atoms with Gasteiger partial charge in [0.05, 0.1) is 0 Å². The van der Waals surface area contributed by atoms with Crippen LogP contribution in [-0.2, 0) is 4.79 Å². The molecular formula is C14H11FN2O2. The largest absolute Gasteiger partial charge is 0.410 e. The first kappa shape index (κ1) is 12.8. The topological polar surface area (TPSA) is 75.7 Å². The summed E-state index contributed by atoms with van der Waals surface area (Å²) in [6.45, 7) is 0. The maximum absolute atomic E-state index is 12.8. The van der Waals surface area contributed by atoms with Gasteiger partial charge in [-0.25, -0.2) is 4.39 Å². The van der Waals surface area contributed by atoms with Crippen LogP contribution in [0.2, 0.25) is 0 Å². The molecule has 0 fully saturated rings. The number of benzene rings is 2. The molecular weight excluding hydrogens is 247 g/mol. The molecule has 1 amide bonds. The lowest BCUT2D eigenvalue weighted by atomic mass is 10.0. The highest BCUT2D eigenvalue weighted by atomic mass is 19.1. The summed E-state index contributed by atoms with van der Waals surface area (Å²) in [7, 11) is 0. The van der Waals surface area contributed by atoms with E-state index >= 15 is 0 Å². The minimum Gasteiger partial charge on any atom is -0.410 e. The second-order valence-electron chi connectivity index (χ2n) is 3.90. The molecule has 0 aliphatic rings. The van der Waals surface area contributed by atoms with Crippen LogP contribution in [0.25, 0.3) is 11.1 Å². The zero-order valence-corrected chi connectivity index (χ0v) is 9.88. The summed E-state index contributed by atoms with van der Waals surface area (Å²) in [5.74, 6) is -1.11. The van der Waals surface area contributed by atoms with Crippen molar-refractivity contribution < 1.29 is 14.4 Å². The van der Waals surface area contributed by atoms with Gasteiger partial charge in [-0.15, -0.1) is 0 Å². The number of hydrogen-bond acceptors (Lipinski definition) is 3. The van der Waals surface area contributed by atoms with Crippen molar-refractivity contribution >= 4 is 11.6 Å². The zero-order valence-electron chi connectivity index (χ0n) is 9.88. The van der Waals surface area contributed by atoms with Crippen LogP contribution in [0.4, 0.5) is 4.39 Å². The van der Waals surface area contributed by atoms with E-state index in [1.807, 2.05) is 0 Å². The summed E-state index contributed by atoms with van der Waals surface area (Å²) in [4.78, 5) is 11.0. The van der Waals surface area contributed by atoms with Crippen molar-refractivity contribution in [2.45, 2.75) is 0 Å². The molecule has 0 unspecified atom stereocenters. The Bertz CT molecular complexity index is 619. The van der Waals surface area contributed by atoms with E-state index in [9.17, 15) is 9.18 Å². The fourth-order valence-corrected chi connectivity index (χ4v) is 1.71. The number of halogens is 1. The lowest BCUT2D eigenvalue weighted by molar-refractivity contribution is -0.112. The number of amides is 1. The monoisotopic (exact) mass is 258 g/mol. The van der Waals surface area contributed by atoms with Crippen LogP contribution >= 0.6 is 0 Å². The summed E-state index contributed by atoms with van der Waals surface area (Å²) < 4.78 is 12.8. The number of nitrogens with two attached hydrogens (primary N) is 1. The molecule has 0 saturated heterocycles. The molecule has 2 aromatic carbocycles. The van der Waals surface area contributed by atoms with Gasteiger partial charge in [-0.1, -0.05) is 41.6 Å². The van der Waals surface area contributed by atoms with Crippen molar-refractivity contribution in [3.8, 4) is 11.1 Å². The lowest BCUT2D eigenvalue weighted by Crippen LogP contribution is -2.24. The Kier molecular flexibility index (Phi) is 3.56. The minimum atomic E-state index is -0.808. The van der Waals surface area contributed by atoms with Gasteiger partial charge >= 0.3 is 0 Å². The van der Waals surface area contributed by atoms with Crippen molar-refractivity contribution in [3.05, 3.63) is 59.9 Å². The molecule has 2 aromatic rings. The Labute approximate surface area is 109 Å². The highest BCUT2D eigenvalue weighted by Gasteiger charge is 2.10. The first-order valence-corrected chi connectivity index (χ1v) is 5.50. The third-order valence-electron chi connectivity index (χ3n) is 2.67. The summed E-state index contributed by atoms with van der Waals surface area (Å²) in [6.07, 6.45) is 0. The van der Waals surface area contributed by atoms with Crippen LogP contribution in [0.3, 0.4) is 0 Å². The molecule has 0 atom stereocenters. The molecule has 4 nitrogen and oxygen atoms in total. The molecule has 0 heterocycles. The SMILES string of the molecule is NC(=O)C(=NO)c1ccc(-c2ccc(F)cc2)cc1. The van der Waals surface area contributed by atoms with Gasteiger partial charge in [-0.2, -0.15) is 0 Å². The number of oxime groups is 1. The lowest BCUT2D eigenvalue weighted by Gasteiger charge is -2.04. The normalized spacial score (nSPS) is 11.3. The van der Waals surface area contributed by atoms with Gasteiger partial charge in [0, 0.05) is 5.56 Å². The quantitative estimate of drug-likeness (QED) is 0.503. The van der Waals surface area contributed by atoms with Crippen LogP contribution in [0.5, 0.6) is 0 Å². The Morgan fingerprint density at radius 1 is 1.00 bits per heavy atom. The first-order chi connectivity index (χ1) is 9.11. The predicted molar refractivity (Wildman–Crippen MR) is 69.4 cm³/mol. The van der Waals surface area contributed by atoms with E-state index in [4.69, 9.17) is 10.9 Å². The summed E-state index contributed by atoms with van der Waals surface area (Å²) in [5.41, 5.74) is 6.98. The average molecular weight is 258 g/mol. The second-order valence-corrected chi connectivity index (χ2v) is 3.90. The summed E-state index contributed by atoms with van der Waals surface area (Å²) in [6, 6.07) is 12.7. The van der Waals surface area contributed by atoms with Gasteiger partial charge in [-0.05, 0) is 23.3 Å². The highest BCUT2D eigenvalue weighted by molar-refractivity contribution is 6.44. The predicted octanol–water partition coefficient (Wildman–Crippen LogP) is 2.16. The molecule has 0 saturated carbocycles. The van der Waals surface area contributed by atoms with Crippen molar-refractivity contribution in [3.63, 3.8) is 0 Å². The van der Waals surface area contributed by atoms with E-state index < -0.39 is 5.91 Å². The maximum Gasteiger partial charge on any atom is 0.271 e. The van der Waals surface area contributed by atoms with E-state index in [0.717, 1.165) is 11.1 Å². The fourth-order valence-electron chi connectivity index (χ4n) is 1.71. The van der Waals surface area contributed by atoms with Crippen molar-refractivity contribution in [2.75, 3.05) is 0 Å². The highest BCUT2D eigenvalue weighted by Crippen LogP contribution is 2.20. The third kappa shape index (κ3) is 2.77. The number of rotatable bonds is 3. The maximum atomic E-state index is 12.8. The summed E-state index contributed by atoms with van der Waals surface area (Å²) in [5, 5.41) is 11.6. The van der Waals surface area contributed by atoms with E-state index in [0.29, 0.717) is 5.56 Å². The molecule has 0 aliphatic heterocycles. The number of hydrogen-bond donors (Lipinski definition) is 2. The van der Waals surface area contributed by atoms with Gasteiger partial charge in [0.25, 0.3) is 5.91 Å². The molecule has 19 heavy (non-hydrogen) atoms. The molecule has 0 bridgehead atoms. The van der Waals surface area contributed by atoms with Crippen molar-refractivity contribution in [1.29, 1.82) is 0 Å². The number of nitrogens with zero attached hydrogens (tertiary/aromatic N) is 1. The van der Waals surface area contributed by atoms with Crippen molar-refractivity contribution in [1.82, 2.24) is 0 Å². The molecule has 96 valence electrons. The Morgan fingerprint density at radius 2 is 1.47 bits per heavy atom. The van der Waals surface area contributed by atoms with E-state index in [1.54, 1.807) is 36.4 Å². The molecule has 5 heteroatoms. The van der Waals surface area contributed by atoms with Crippen LogP contribution < -0.4 is 5.73 Å². The van der Waals surface area contributed by atoms with E-state index in [-0.39, 0.29) is 11.5 Å². The van der Waals surface area contributed by atoms with Crippen LogP contribution in [0.1, 0.15) is 5.56 Å². The molecule has 0 radical (unpaired) electrons. The van der Waals surface area contributed by atoms with Crippen molar-refractivity contribution in [2.24, 2.45) is 10.9 Å². The van der Waals surface area contributed by atoms with Gasteiger partial charge in [0.2, 0.25) is 0 Å². The van der Waals surface area contributed by atoms with Crippen LogP contribution in [0, 0.1) is 5.82 Å². The van der Waals surface area contributed by atoms with E-state index in [2.05, 4.69) is 5.16 Å². The Hall–Kier alpha value is -2.69. The number of carbonyl (C=O) groups is 1. The third-order valence-corrected chi connectivity index (χ3v) is 2.67. The van der Waals surface area contributed by atoms with Gasteiger partial charge < -0.3 is 10.9 Å². The Balaban J connectivity index is 2.33. The number of primary amides is 1. The molecule has 0 aliphatic carbocycles. The fraction of sp³-hybridized carbons (Fsp3) is 0. The van der Waals surface area contributed by atoms with Gasteiger partial charge in [-0.3, -0.25) is 4.79 Å². The average Bonchev–Trinajstić information content (AvgIpc) is 2.41. The Morgan fingerprint density at radius 3 is 1.89 bits per heavy atom. The molecule has 0 aromatic heterocycles. The van der Waals surface area contributed by atoms with E-state index in [1.165, 1.54) is 12.1 Å². The van der Waals surface area contributed by atoms with Crippen LogP contribution in [0.15, 0.2) is 53.7 Å². The number of carbonyl (C=O) groups excluding carboxylic acids is 1. The van der Waals surface area contributed by atoms with Gasteiger partial charge in [0.15, 0.2) is 5.71 Å². The minimum absolute atomic E-state index is 0.203.